The van der Waals surface area contributed by atoms with Crippen molar-refractivity contribution in [3.05, 3.63) is 23.9 Å². The fraction of sp³-hybridized carbons (Fsp3) is 0.583. The Bertz CT molecular complexity index is 351. The van der Waals surface area contributed by atoms with Crippen LogP contribution in [0, 0.1) is 0 Å². The van der Waals surface area contributed by atoms with Crippen LogP contribution in [0.15, 0.2) is 18.3 Å². The summed E-state index contributed by atoms with van der Waals surface area (Å²) in [6, 6.07) is 3.54. The molecule has 0 fully saturated rings. The molecule has 18 heavy (non-hydrogen) atoms. The highest BCUT2D eigenvalue weighted by molar-refractivity contribution is 5.20. The van der Waals surface area contributed by atoms with Gasteiger partial charge in [-0.3, -0.25) is 0 Å². The number of pyridine rings is 1. The van der Waals surface area contributed by atoms with E-state index in [1.165, 1.54) is 0 Å². The lowest BCUT2D eigenvalue weighted by atomic mass is 10.1. The zero-order valence-electron chi connectivity index (χ0n) is 10.4. The van der Waals surface area contributed by atoms with Crippen LogP contribution in [0.5, 0.6) is 5.88 Å². The van der Waals surface area contributed by atoms with Gasteiger partial charge in [-0.2, -0.15) is 13.2 Å². The van der Waals surface area contributed by atoms with Gasteiger partial charge in [-0.15, -0.1) is 0 Å². The van der Waals surface area contributed by atoms with Gasteiger partial charge in [-0.05, 0) is 19.0 Å². The average Bonchev–Trinajstić information content (AvgIpc) is 2.28. The number of hydrogen-bond donors (Lipinski definition) is 1. The van der Waals surface area contributed by atoms with Crippen molar-refractivity contribution >= 4 is 0 Å². The Morgan fingerprint density at radius 3 is 2.61 bits per heavy atom. The quantitative estimate of drug-likeness (QED) is 0.855. The van der Waals surface area contributed by atoms with Crippen LogP contribution in [0.1, 0.15) is 31.9 Å². The molecule has 1 heterocycles. The molecule has 0 saturated heterocycles. The molecule has 1 aromatic heterocycles. The first-order valence-electron chi connectivity index (χ1n) is 5.81. The molecule has 0 amide bonds. The summed E-state index contributed by atoms with van der Waals surface area (Å²) in [6.45, 7) is 4.42. The van der Waals surface area contributed by atoms with E-state index in [4.69, 9.17) is 4.74 Å². The van der Waals surface area contributed by atoms with Gasteiger partial charge in [0.1, 0.15) is 0 Å². The third-order valence-corrected chi connectivity index (χ3v) is 2.41. The molecule has 1 atom stereocenters. The maximum absolute atomic E-state index is 11.9. The Morgan fingerprint density at radius 1 is 1.39 bits per heavy atom. The highest BCUT2D eigenvalue weighted by atomic mass is 19.4. The molecule has 0 radical (unpaired) electrons. The van der Waals surface area contributed by atoms with E-state index in [1.54, 1.807) is 18.3 Å². The lowest BCUT2D eigenvalue weighted by Crippen LogP contribution is -2.18. The summed E-state index contributed by atoms with van der Waals surface area (Å²) < 4.78 is 40.6. The second kappa shape index (κ2) is 6.58. The van der Waals surface area contributed by atoms with Crippen molar-refractivity contribution in [2.75, 3.05) is 13.2 Å². The molecule has 0 bridgehead atoms. The van der Waals surface area contributed by atoms with Crippen LogP contribution in [0.4, 0.5) is 13.2 Å². The van der Waals surface area contributed by atoms with Gasteiger partial charge in [-0.25, -0.2) is 4.98 Å². The second-order valence-corrected chi connectivity index (χ2v) is 3.92. The molecule has 1 rings (SSSR count). The molecule has 1 unspecified atom stereocenters. The number of halogens is 3. The lowest BCUT2D eigenvalue weighted by Gasteiger charge is -2.13. The topological polar surface area (TPSA) is 34.1 Å². The van der Waals surface area contributed by atoms with Gasteiger partial charge in [0.15, 0.2) is 0 Å². The van der Waals surface area contributed by atoms with E-state index < -0.39 is 19.2 Å². The van der Waals surface area contributed by atoms with Crippen molar-refractivity contribution in [1.82, 2.24) is 10.3 Å². The number of nitrogens with one attached hydrogen (secondary N) is 1. The van der Waals surface area contributed by atoms with Crippen molar-refractivity contribution in [3.8, 4) is 5.88 Å². The summed E-state index contributed by atoms with van der Waals surface area (Å²) in [5.41, 5.74) is 0.972. The van der Waals surface area contributed by atoms with Gasteiger partial charge in [0.2, 0.25) is 5.88 Å². The summed E-state index contributed by atoms with van der Waals surface area (Å²) in [5, 5.41) is 3.21. The molecule has 6 heteroatoms. The van der Waals surface area contributed by atoms with Crippen molar-refractivity contribution in [1.29, 1.82) is 0 Å². The van der Waals surface area contributed by atoms with E-state index in [0.717, 1.165) is 12.1 Å². The minimum atomic E-state index is -4.19. The molecule has 0 aromatic carbocycles. The Hall–Kier alpha value is -1.30. The minimum absolute atomic E-state index is 0.159. The Kier molecular flexibility index (Phi) is 5.40. The zero-order chi connectivity index (χ0) is 13.6. The fourth-order valence-corrected chi connectivity index (χ4v) is 1.43. The monoisotopic (exact) mass is 262 g/mol. The van der Waals surface area contributed by atoms with E-state index in [9.17, 15) is 13.2 Å². The predicted octanol–water partition coefficient (Wildman–Crippen LogP) is 3.08. The van der Waals surface area contributed by atoms with Crippen molar-refractivity contribution in [2.45, 2.75) is 32.5 Å². The van der Waals surface area contributed by atoms with Gasteiger partial charge in [0.25, 0.3) is 0 Å². The first-order valence-corrected chi connectivity index (χ1v) is 5.81. The molecule has 102 valence electrons. The highest BCUT2D eigenvalue weighted by Gasteiger charge is 2.26. The minimum Gasteiger partial charge on any atom is -0.477 e. The number of hydrogen-bond acceptors (Lipinski definition) is 3. The number of aromatic nitrogens is 1. The molecule has 0 aliphatic heterocycles. The van der Waals surface area contributed by atoms with E-state index in [2.05, 4.69) is 10.3 Å². The normalized spacial score (nSPS) is 13.4. The zero-order valence-corrected chi connectivity index (χ0v) is 10.4. The largest absolute Gasteiger partial charge is 0.477 e. The number of alkyl halides is 3. The Labute approximate surface area is 104 Å². The van der Waals surface area contributed by atoms with Gasteiger partial charge >= 0.3 is 6.18 Å². The highest BCUT2D eigenvalue weighted by Crippen LogP contribution is 2.20. The number of ether oxygens (including phenoxy) is 1. The van der Waals surface area contributed by atoms with E-state index >= 15 is 0 Å². The maximum atomic E-state index is 11.9. The van der Waals surface area contributed by atoms with Gasteiger partial charge in [0, 0.05) is 18.3 Å². The molecule has 0 saturated carbocycles. The van der Waals surface area contributed by atoms with Crippen molar-refractivity contribution in [3.63, 3.8) is 0 Å². The summed E-state index contributed by atoms with van der Waals surface area (Å²) in [4.78, 5) is 3.97. The number of nitrogens with zero attached hydrogens (tertiary/aromatic N) is 1. The number of rotatable bonds is 6. The molecule has 3 nitrogen and oxygen atoms in total. The average molecular weight is 262 g/mol. The third kappa shape index (κ3) is 5.35. The van der Waals surface area contributed by atoms with Crippen LogP contribution in [0.25, 0.3) is 0 Å². The van der Waals surface area contributed by atoms with Gasteiger partial charge < -0.3 is 10.1 Å². The molecular formula is C12H17F3N2O. The molecular weight excluding hydrogens is 245 g/mol. The van der Waals surface area contributed by atoms with Gasteiger partial charge in [-0.1, -0.05) is 13.0 Å². The van der Waals surface area contributed by atoms with Crippen LogP contribution in [0.2, 0.25) is 0 Å². The van der Waals surface area contributed by atoms with Crippen molar-refractivity contribution < 1.29 is 17.9 Å². The van der Waals surface area contributed by atoms with Crippen LogP contribution in [-0.2, 0) is 0 Å². The first-order chi connectivity index (χ1) is 8.42. The van der Waals surface area contributed by atoms with E-state index in [1.807, 2.05) is 13.8 Å². The molecule has 1 N–H and O–H groups in total. The van der Waals surface area contributed by atoms with Gasteiger partial charge in [0.05, 0.1) is 13.0 Å². The molecule has 0 aliphatic rings. The van der Waals surface area contributed by atoms with Crippen molar-refractivity contribution in [2.24, 2.45) is 0 Å². The summed E-state index contributed by atoms with van der Waals surface area (Å²) >= 11 is 0. The van der Waals surface area contributed by atoms with Crippen LogP contribution < -0.4 is 10.1 Å². The third-order valence-electron chi connectivity index (χ3n) is 2.41. The van der Waals surface area contributed by atoms with E-state index in [-0.39, 0.29) is 11.9 Å². The summed E-state index contributed by atoms with van der Waals surface area (Å²) in [7, 11) is 0. The fourth-order valence-electron chi connectivity index (χ4n) is 1.43. The van der Waals surface area contributed by atoms with Crippen LogP contribution in [-0.4, -0.2) is 24.3 Å². The van der Waals surface area contributed by atoms with Crippen LogP contribution >= 0.6 is 0 Å². The SMILES string of the molecule is CCNC(C)c1ccc(OCCC(F)(F)F)nc1. The Morgan fingerprint density at radius 2 is 2.11 bits per heavy atom. The smallest absolute Gasteiger partial charge is 0.392 e. The second-order valence-electron chi connectivity index (χ2n) is 3.92. The first kappa shape index (κ1) is 14.8. The molecule has 1 aromatic rings. The Balaban J connectivity index is 2.45. The maximum Gasteiger partial charge on any atom is 0.392 e. The standard InChI is InChI=1S/C12H17F3N2O/c1-3-16-9(2)10-4-5-11(17-8-10)18-7-6-12(13,14)15/h4-5,8-9,16H,3,6-7H2,1-2H3. The van der Waals surface area contributed by atoms with Crippen LogP contribution in [0.3, 0.4) is 0 Å². The molecule has 0 spiro atoms. The predicted molar refractivity (Wildman–Crippen MR) is 62.5 cm³/mol. The summed E-state index contributed by atoms with van der Waals surface area (Å²) in [6.07, 6.45) is -3.56. The summed E-state index contributed by atoms with van der Waals surface area (Å²) in [5.74, 6) is 0.215. The van der Waals surface area contributed by atoms with E-state index in [0.29, 0.717) is 0 Å². The molecule has 0 aliphatic carbocycles. The lowest BCUT2D eigenvalue weighted by molar-refractivity contribution is -0.139.